The van der Waals surface area contributed by atoms with Gasteiger partial charge < -0.3 is 4.90 Å². The molecule has 4 heteroatoms. The van der Waals surface area contributed by atoms with Gasteiger partial charge in [-0.2, -0.15) is 0 Å². The second kappa shape index (κ2) is 12.1. The van der Waals surface area contributed by atoms with Crippen molar-refractivity contribution in [1.82, 2.24) is 19.7 Å². The van der Waals surface area contributed by atoms with Crippen molar-refractivity contribution in [1.29, 1.82) is 0 Å². The molecular weight excluding hydrogens is 452 g/mol. The van der Waals surface area contributed by atoms with E-state index >= 15 is 0 Å². The molecular formula is C33H42N4. The maximum atomic E-state index is 4.68. The minimum atomic E-state index is 0.276. The van der Waals surface area contributed by atoms with Crippen molar-refractivity contribution in [3.05, 3.63) is 102 Å². The highest BCUT2D eigenvalue weighted by molar-refractivity contribution is 5.81. The third-order valence-corrected chi connectivity index (χ3v) is 8.41. The number of nitrogens with zero attached hydrogens (tertiary/aromatic N) is 4. The molecule has 5 rings (SSSR count). The number of para-hydroxylation sites is 1. The van der Waals surface area contributed by atoms with Crippen molar-refractivity contribution < 1.29 is 0 Å². The van der Waals surface area contributed by atoms with E-state index < -0.39 is 0 Å². The number of pyridine rings is 1. The molecule has 2 heterocycles. The van der Waals surface area contributed by atoms with Gasteiger partial charge in [0.1, 0.15) is 0 Å². The summed E-state index contributed by atoms with van der Waals surface area (Å²) < 4.78 is 0. The molecule has 0 amide bonds. The van der Waals surface area contributed by atoms with E-state index in [4.69, 9.17) is 0 Å². The van der Waals surface area contributed by atoms with Crippen molar-refractivity contribution in [3.63, 3.8) is 0 Å². The van der Waals surface area contributed by atoms with E-state index in [0.29, 0.717) is 0 Å². The fourth-order valence-electron chi connectivity index (χ4n) is 6.17. The lowest BCUT2D eigenvalue weighted by molar-refractivity contribution is 0.0915. The molecule has 1 atom stereocenters. The van der Waals surface area contributed by atoms with Gasteiger partial charge in [0, 0.05) is 56.5 Å². The van der Waals surface area contributed by atoms with Crippen LogP contribution in [0.25, 0.3) is 10.9 Å². The predicted octanol–water partition coefficient (Wildman–Crippen LogP) is 6.60. The summed E-state index contributed by atoms with van der Waals surface area (Å²) in [7, 11) is 2.23. The molecule has 194 valence electrons. The van der Waals surface area contributed by atoms with Crippen molar-refractivity contribution in [2.75, 3.05) is 33.2 Å². The standard InChI is InChI=1S/C33H42N4/c1-4-20-37(23-27-15-17-29(18-16-27)28-10-6-5-7-11-28)26(2)32-25-36(22-21-35(32)3)24-31-13-8-12-30-14-9-19-34-33(30)31/h4,8-9,12-19,28,32H,1-2,5-7,10-11,20-25H2,3H3. The molecule has 1 aliphatic carbocycles. The van der Waals surface area contributed by atoms with Gasteiger partial charge in [0.15, 0.2) is 0 Å². The summed E-state index contributed by atoms with van der Waals surface area (Å²) in [5.74, 6) is 0.751. The second-order valence-corrected chi connectivity index (χ2v) is 11.0. The highest BCUT2D eigenvalue weighted by Gasteiger charge is 2.29. The molecule has 4 nitrogen and oxygen atoms in total. The number of aromatic nitrogens is 1. The second-order valence-electron chi connectivity index (χ2n) is 11.0. The summed E-state index contributed by atoms with van der Waals surface area (Å²) in [5, 5.41) is 1.21. The maximum absolute atomic E-state index is 4.68. The Morgan fingerprint density at radius 3 is 2.59 bits per heavy atom. The highest BCUT2D eigenvalue weighted by Crippen LogP contribution is 2.33. The Balaban J connectivity index is 1.26. The van der Waals surface area contributed by atoms with Crippen LogP contribution in [0.3, 0.4) is 0 Å². The number of hydrogen-bond acceptors (Lipinski definition) is 4. The average Bonchev–Trinajstić information content (AvgIpc) is 2.94. The third-order valence-electron chi connectivity index (χ3n) is 8.41. The molecule has 1 unspecified atom stereocenters. The van der Waals surface area contributed by atoms with Gasteiger partial charge in [0.25, 0.3) is 0 Å². The summed E-state index contributed by atoms with van der Waals surface area (Å²) in [5.41, 5.74) is 6.46. The molecule has 1 saturated heterocycles. The quantitative estimate of drug-likeness (QED) is 0.313. The molecule has 3 aromatic rings. The Hall–Kier alpha value is -2.95. The van der Waals surface area contributed by atoms with Gasteiger partial charge in [0.2, 0.25) is 0 Å². The minimum Gasteiger partial charge on any atom is -0.366 e. The monoisotopic (exact) mass is 494 g/mol. The lowest BCUT2D eigenvalue weighted by Crippen LogP contribution is -2.53. The van der Waals surface area contributed by atoms with Crippen molar-refractivity contribution in [2.45, 2.75) is 57.2 Å². The zero-order chi connectivity index (χ0) is 25.6. The van der Waals surface area contributed by atoms with Crippen LogP contribution in [0, 0.1) is 0 Å². The van der Waals surface area contributed by atoms with Crippen LogP contribution in [0.4, 0.5) is 0 Å². The molecule has 2 fully saturated rings. The van der Waals surface area contributed by atoms with Gasteiger partial charge in [-0.3, -0.25) is 14.8 Å². The molecule has 1 aliphatic heterocycles. The number of piperazine rings is 1. The smallest absolute Gasteiger partial charge is 0.0746 e. The van der Waals surface area contributed by atoms with Crippen LogP contribution >= 0.6 is 0 Å². The van der Waals surface area contributed by atoms with Gasteiger partial charge in [-0.1, -0.05) is 80.4 Å². The van der Waals surface area contributed by atoms with E-state index in [2.05, 4.69) is 88.4 Å². The number of rotatable bonds is 9. The van der Waals surface area contributed by atoms with Crippen molar-refractivity contribution >= 4 is 10.9 Å². The maximum Gasteiger partial charge on any atom is 0.0746 e. The van der Waals surface area contributed by atoms with Crippen LogP contribution in [0.5, 0.6) is 0 Å². The van der Waals surface area contributed by atoms with Crippen molar-refractivity contribution in [2.24, 2.45) is 0 Å². The number of hydrogen-bond donors (Lipinski definition) is 0. The van der Waals surface area contributed by atoms with E-state index in [9.17, 15) is 0 Å². The normalized spacial score (nSPS) is 19.6. The van der Waals surface area contributed by atoms with Gasteiger partial charge in [0.05, 0.1) is 11.6 Å². The van der Waals surface area contributed by atoms with Crippen LogP contribution in [-0.2, 0) is 13.1 Å². The zero-order valence-corrected chi connectivity index (χ0v) is 22.5. The SMILES string of the molecule is C=CCN(Cc1ccc(C2CCCCC2)cc1)C(=C)C1CN(Cc2cccc3cccnc23)CCN1C. The lowest BCUT2D eigenvalue weighted by atomic mass is 9.84. The van der Waals surface area contributed by atoms with E-state index in [-0.39, 0.29) is 6.04 Å². The molecule has 2 aromatic carbocycles. The van der Waals surface area contributed by atoms with Crippen LogP contribution < -0.4 is 0 Å². The van der Waals surface area contributed by atoms with Gasteiger partial charge in [-0.25, -0.2) is 0 Å². The number of likely N-dealkylation sites (N-methyl/N-ethyl adjacent to an activating group) is 1. The van der Waals surface area contributed by atoms with Crippen LogP contribution in [0.2, 0.25) is 0 Å². The lowest BCUT2D eigenvalue weighted by Gasteiger charge is -2.43. The Kier molecular flexibility index (Phi) is 8.38. The Morgan fingerprint density at radius 2 is 1.81 bits per heavy atom. The highest BCUT2D eigenvalue weighted by atomic mass is 15.3. The van der Waals surface area contributed by atoms with Gasteiger partial charge in [-0.05, 0) is 48.6 Å². The molecule has 1 aromatic heterocycles. The molecule has 0 bridgehead atoms. The summed E-state index contributed by atoms with van der Waals surface area (Å²) in [4.78, 5) is 12.1. The van der Waals surface area contributed by atoms with E-state index in [1.165, 1.54) is 59.9 Å². The number of fused-ring (bicyclic) bond motifs is 1. The molecule has 2 aliphatic rings. The van der Waals surface area contributed by atoms with E-state index in [1.54, 1.807) is 0 Å². The summed E-state index contributed by atoms with van der Waals surface area (Å²) in [6.45, 7) is 14.3. The molecule has 0 radical (unpaired) electrons. The first kappa shape index (κ1) is 25.7. The first-order valence-corrected chi connectivity index (χ1v) is 14.0. The first-order chi connectivity index (χ1) is 18.1. The van der Waals surface area contributed by atoms with E-state index in [0.717, 1.165) is 50.7 Å². The van der Waals surface area contributed by atoms with Crippen LogP contribution in [-0.4, -0.2) is 59.0 Å². The average molecular weight is 495 g/mol. The molecule has 0 spiro atoms. The zero-order valence-electron chi connectivity index (χ0n) is 22.5. The Labute approximate surface area is 223 Å². The largest absolute Gasteiger partial charge is 0.366 e. The predicted molar refractivity (Wildman–Crippen MR) is 155 cm³/mol. The van der Waals surface area contributed by atoms with Gasteiger partial charge in [-0.15, -0.1) is 6.58 Å². The topological polar surface area (TPSA) is 22.6 Å². The number of benzene rings is 2. The van der Waals surface area contributed by atoms with Crippen LogP contribution in [0.1, 0.15) is 54.7 Å². The fourth-order valence-corrected chi connectivity index (χ4v) is 6.17. The van der Waals surface area contributed by atoms with Gasteiger partial charge >= 0.3 is 0 Å². The third kappa shape index (κ3) is 6.14. The molecule has 0 N–H and O–H groups in total. The molecule has 1 saturated carbocycles. The summed E-state index contributed by atoms with van der Waals surface area (Å²) in [6, 6.07) is 20.4. The fraction of sp³-hybridized carbons (Fsp3) is 0.424. The first-order valence-electron chi connectivity index (χ1n) is 14.0. The Morgan fingerprint density at radius 1 is 1.03 bits per heavy atom. The summed E-state index contributed by atoms with van der Waals surface area (Å²) >= 11 is 0. The van der Waals surface area contributed by atoms with Crippen molar-refractivity contribution in [3.8, 4) is 0 Å². The van der Waals surface area contributed by atoms with E-state index in [1.807, 2.05) is 18.3 Å². The Bertz CT molecular complexity index is 1190. The minimum absolute atomic E-state index is 0.276. The molecule has 37 heavy (non-hydrogen) atoms. The summed E-state index contributed by atoms with van der Waals surface area (Å²) in [6.07, 6.45) is 10.7. The van der Waals surface area contributed by atoms with Crippen LogP contribution in [0.15, 0.2) is 85.7 Å².